The van der Waals surface area contributed by atoms with Crippen LogP contribution in [-0.2, 0) is 0 Å². The first kappa shape index (κ1) is 7.41. The quantitative estimate of drug-likeness (QED) is 0.566. The molecule has 58 valence electrons. The second-order valence-electron chi connectivity index (χ2n) is 2.00. The first-order valence-electron chi connectivity index (χ1n) is 3.27. The molecule has 1 rings (SSSR count). The summed E-state index contributed by atoms with van der Waals surface area (Å²) in [4.78, 5) is 0. The minimum atomic E-state index is 0.309. The predicted octanol–water partition coefficient (Wildman–Crippen LogP) is 0.295. The number of nitrogens with two attached hydrogens (primary N) is 1. The molecule has 0 saturated carbocycles. The van der Waals surface area contributed by atoms with E-state index in [4.69, 9.17) is 11.0 Å². The van der Waals surface area contributed by atoms with Crippen molar-refractivity contribution < 1.29 is 0 Å². The van der Waals surface area contributed by atoms with E-state index in [0.717, 1.165) is 6.54 Å². The van der Waals surface area contributed by atoms with Crippen LogP contribution in [0.4, 0.5) is 11.6 Å². The Morgan fingerprint density at radius 1 is 1.82 bits per heavy atom. The third-order valence-electron chi connectivity index (χ3n) is 1.25. The number of hydrogen-bond acceptors (Lipinski definition) is 4. The van der Waals surface area contributed by atoms with Gasteiger partial charge in [0.15, 0.2) is 5.82 Å². The average molecular weight is 151 g/mol. The maximum absolute atomic E-state index is 8.58. The molecule has 0 fully saturated rings. The molecule has 0 atom stereocenters. The fourth-order valence-corrected chi connectivity index (χ4v) is 0.764. The van der Waals surface area contributed by atoms with Gasteiger partial charge < -0.3 is 11.1 Å². The summed E-state index contributed by atoms with van der Waals surface area (Å²) < 4.78 is 0. The van der Waals surface area contributed by atoms with Gasteiger partial charge in [-0.3, -0.25) is 5.10 Å². The molecular weight excluding hydrogens is 142 g/mol. The van der Waals surface area contributed by atoms with E-state index in [1.54, 1.807) is 0 Å². The number of anilines is 2. The minimum absolute atomic E-state index is 0.309. The summed E-state index contributed by atoms with van der Waals surface area (Å²) in [6.07, 6.45) is 0. The molecule has 0 unspecified atom stereocenters. The van der Waals surface area contributed by atoms with E-state index in [1.165, 1.54) is 0 Å². The Kier molecular flexibility index (Phi) is 1.97. The van der Waals surface area contributed by atoms with E-state index in [9.17, 15) is 0 Å². The molecule has 5 heteroatoms. The number of aromatic nitrogens is 2. The number of H-pyrrole nitrogens is 1. The highest BCUT2D eigenvalue weighted by molar-refractivity contribution is 5.62. The van der Waals surface area contributed by atoms with Gasteiger partial charge in [0.1, 0.15) is 17.5 Å². The molecule has 0 spiro atoms. The zero-order chi connectivity index (χ0) is 8.27. The van der Waals surface area contributed by atoms with Crippen molar-refractivity contribution in [2.45, 2.75) is 6.92 Å². The van der Waals surface area contributed by atoms with Crippen molar-refractivity contribution in [1.82, 2.24) is 10.2 Å². The molecule has 0 bridgehead atoms. The minimum Gasteiger partial charge on any atom is -0.383 e. The highest BCUT2D eigenvalue weighted by Gasteiger charge is 2.07. The van der Waals surface area contributed by atoms with Crippen LogP contribution in [0.5, 0.6) is 0 Å². The number of nitriles is 1. The Morgan fingerprint density at radius 2 is 2.55 bits per heavy atom. The summed E-state index contributed by atoms with van der Waals surface area (Å²) in [5.74, 6) is 0.830. The van der Waals surface area contributed by atoms with Crippen LogP contribution < -0.4 is 11.1 Å². The van der Waals surface area contributed by atoms with Gasteiger partial charge in [0, 0.05) is 6.54 Å². The molecule has 0 radical (unpaired) electrons. The summed E-state index contributed by atoms with van der Waals surface area (Å²) in [6, 6.07) is 1.95. The highest BCUT2D eigenvalue weighted by atomic mass is 15.2. The SMILES string of the molecule is CCNc1n[nH]c(N)c1C#N. The number of hydrogen-bond donors (Lipinski definition) is 3. The van der Waals surface area contributed by atoms with Gasteiger partial charge >= 0.3 is 0 Å². The molecule has 1 aromatic heterocycles. The Morgan fingerprint density at radius 3 is 3.09 bits per heavy atom. The van der Waals surface area contributed by atoms with Gasteiger partial charge in [0.25, 0.3) is 0 Å². The Balaban J connectivity index is 2.98. The van der Waals surface area contributed by atoms with Crippen molar-refractivity contribution in [3.05, 3.63) is 5.56 Å². The maximum Gasteiger partial charge on any atom is 0.168 e. The Hall–Kier alpha value is -1.70. The van der Waals surface area contributed by atoms with Crippen LogP contribution in [0, 0.1) is 11.3 Å². The van der Waals surface area contributed by atoms with E-state index in [0.29, 0.717) is 17.2 Å². The van der Waals surface area contributed by atoms with Crippen LogP contribution in [0.2, 0.25) is 0 Å². The lowest BCUT2D eigenvalue weighted by molar-refractivity contribution is 1.07. The summed E-state index contributed by atoms with van der Waals surface area (Å²) in [5, 5.41) is 17.8. The fourth-order valence-electron chi connectivity index (χ4n) is 0.764. The van der Waals surface area contributed by atoms with Crippen LogP contribution in [-0.4, -0.2) is 16.7 Å². The van der Waals surface area contributed by atoms with Crippen molar-refractivity contribution in [3.63, 3.8) is 0 Å². The van der Waals surface area contributed by atoms with E-state index in [-0.39, 0.29) is 0 Å². The van der Waals surface area contributed by atoms with Crippen molar-refractivity contribution >= 4 is 11.6 Å². The van der Waals surface area contributed by atoms with Gasteiger partial charge in [-0.15, -0.1) is 0 Å². The smallest absolute Gasteiger partial charge is 0.168 e. The maximum atomic E-state index is 8.58. The Bertz CT molecular complexity index is 282. The van der Waals surface area contributed by atoms with E-state index < -0.39 is 0 Å². The average Bonchev–Trinajstić information content (AvgIpc) is 2.33. The third-order valence-corrected chi connectivity index (χ3v) is 1.25. The lowest BCUT2D eigenvalue weighted by Crippen LogP contribution is -1.98. The molecule has 0 aromatic carbocycles. The molecule has 0 aliphatic carbocycles. The van der Waals surface area contributed by atoms with Crippen LogP contribution in [0.15, 0.2) is 0 Å². The first-order valence-corrected chi connectivity index (χ1v) is 3.27. The van der Waals surface area contributed by atoms with Crippen molar-refractivity contribution in [2.75, 3.05) is 17.6 Å². The van der Waals surface area contributed by atoms with Gasteiger partial charge in [-0.05, 0) is 6.92 Å². The van der Waals surface area contributed by atoms with Crippen LogP contribution >= 0.6 is 0 Å². The predicted molar refractivity (Wildman–Crippen MR) is 41.9 cm³/mol. The zero-order valence-corrected chi connectivity index (χ0v) is 6.18. The molecule has 11 heavy (non-hydrogen) atoms. The molecule has 0 aliphatic rings. The van der Waals surface area contributed by atoms with Gasteiger partial charge in [-0.25, -0.2) is 0 Å². The molecule has 0 amide bonds. The van der Waals surface area contributed by atoms with Gasteiger partial charge in [-0.1, -0.05) is 0 Å². The number of aromatic amines is 1. The van der Waals surface area contributed by atoms with Gasteiger partial charge in [0.05, 0.1) is 0 Å². The number of nitrogens with one attached hydrogen (secondary N) is 2. The molecule has 5 nitrogen and oxygen atoms in total. The summed E-state index contributed by atoms with van der Waals surface area (Å²) in [7, 11) is 0. The second kappa shape index (κ2) is 2.92. The summed E-state index contributed by atoms with van der Waals surface area (Å²) in [6.45, 7) is 2.64. The van der Waals surface area contributed by atoms with Crippen molar-refractivity contribution in [2.24, 2.45) is 0 Å². The lowest BCUT2D eigenvalue weighted by Gasteiger charge is -1.95. The molecule has 1 aromatic rings. The number of rotatable bonds is 2. The number of nitrogen functional groups attached to an aromatic ring is 1. The van der Waals surface area contributed by atoms with Gasteiger partial charge in [0.2, 0.25) is 0 Å². The molecule has 0 saturated heterocycles. The summed E-state index contributed by atoms with van der Waals surface area (Å²) >= 11 is 0. The van der Waals surface area contributed by atoms with E-state index in [2.05, 4.69) is 15.5 Å². The zero-order valence-electron chi connectivity index (χ0n) is 6.18. The molecule has 1 heterocycles. The second-order valence-corrected chi connectivity index (χ2v) is 2.00. The molecule has 0 aliphatic heterocycles. The van der Waals surface area contributed by atoms with Crippen molar-refractivity contribution in [1.29, 1.82) is 5.26 Å². The fraction of sp³-hybridized carbons (Fsp3) is 0.333. The van der Waals surface area contributed by atoms with Gasteiger partial charge in [-0.2, -0.15) is 10.4 Å². The van der Waals surface area contributed by atoms with Crippen LogP contribution in [0.25, 0.3) is 0 Å². The molecule has 4 N–H and O–H groups in total. The molecular formula is C6H9N5. The third kappa shape index (κ3) is 1.24. The largest absolute Gasteiger partial charge is 0.383 e. The lowest BCUT2D eigenvalue weighted by atomic mass is 10.3. The highest BCUT2D eigenvalue weighted by Crippen LogP contribution is 2.15. The van der Waals surface area contributed by atoms with E-state index >= 15 is 0 Å². The number of nitrogens with zero attached hydrogens (tertiary/aromatic N) is 2. The van der Waals surface area contributed by atoms with Crippen LogP contribution in [0.3, 0.4) is 0 Å². The standard InChI is InChI=1S/C6H9N5/c1-2-9-6-4(3-7)5(8)10-11-6/h2H2,1H3,(H4,8,9,10,11). The summed E-state index contributed by atoms with van der Waals surface area (Å²) in [5.41, 5.74) is 5.78. The topological polar surface area (TPSA) is 90.5 Å². The van der Waals surface area contributed by atoms with Crippen LogP contribution in [0.1, 0.15) is 12.5 Å². The van der Waals surface area contributed by atoms with E-state index in [1.807, 2.05) is 13.0 Å². The Labute approximate surface area is 64.2 Å². The normalized spacial score (nSPS) is 9.09. The first-order chi connectivity index (χ1) is 5.29. The van der Waals surface area contributed by atoms with Crippen molar-refractivity contribution in [3.8, 4) is 6.07 Å². The monoisotopic (exact) mass is 151 g/mol.